The molecule has 1 aliphatic carbocycles. The molecule has 0 spiro atoms. The number of aromatic nitrogens is 2. The van der Waals surface area contributed by atoms with Crippen LogP contribution in [0.3, 0.4) is 0 Å². The van der Waals surface area contributed by atoms with E-state index >= 15 is 0 Å². The number of hydrogen-bond donors (Lipinski definition) is 1. The standard InChI is InChI=1S/C17H14ClN3O2S/c18-17-10-19-16-9-12(6-8-15(16)20-17)24(22,23)21-14-7-5-11-3-1-2-4-13(11)14/h1-4,6,8-10,14,21H,5,7H2. The minimum absolute atomic E-state index is 0.177. The van der Waals surface area contributed by atoms with E-state index in [-0.39, 0.29) is 16.1 Å². The van der Waals surface area contributed by atoms with Gasteiger partial charge in [-0.25, -0.2) is 18.1 Å². The van der Waals surface area contributed by atoms with Gasteiger partial charge in [-0.3, -0.25) is 4.98 Å². The fourth-order valence-electron chi connectivity index (χ4n) is 3.07. The first kappa shape index (κ1) is 15.5. The van der Waals surface area contributed by atoms with Gasteiger partial charge in [0.1, 0.15) is 5.15 Å². The number of halogens is 1. The van der Waals surface area contributed by atoms with Crippen molar-refractivity contribution < 1.29 is 8.42 Å². The number of benzene rings is 2. The van der Waals surface area contributed by atoms with Gasteiger partial charge in [0.15, 0.2) is 0 Å². The Bertz CT molecular complexity index is 1040. The molecule has 1 unspecified atom stereocenters. The number of nitrogens with zero attached hydrogens (tertiary/aromatic N) is 2. The Morgan fingerprint density at radius 3 is 2.83 bits per heavy atom. The molecule has 24 heavy (non-hydrogen) atoms. The second-order valence-corrected chi connectivity index (χ2v) is 7.86. The van der Waals surface area contributed by atoms with Crippen molar-refractivity contribution in [1.29, 1.82) is 0 Å². The summed E-state index contributed by atoms with van der Waals surface area (Å²) in [5.41, 5.74) is 3.31. The number of sulfonamides is 1. The van der Waals surface area contributed by atoms with Crippen molar-refractivity contribution in [2.75, 3.05) is 0 Å². The smallest absolute Gasteiger partial charge is 0.241 e. The average molecular weight is 360 g/mol. The topological polar surface area (TPSA) is 72.0 Å². The van der Waals surface area contributed by atoms with Gasteiger partial charge in [0.25, 0.3) is 0 Å². The number of hydrogen-bond acceptors (Lipinski definition) is 4. The molecule has 122 valence electrons. The van der Waals surface area contributed by atoms with Gasteiger partial charge >= 0.3 is 0 Å². The summed E-state index contributed by atoms with van der Waals surface area (Å²) in [7, 11) is -3.64. The van der Waals surface area contributed by atoms with E-state index in [2.05, 4.69) is 14.7 Å². The van der Waals surface area contributed by atoms with Crippen LogP contribution in [0.2, 0.25) is 5.15 Å². The Balaban J connectivity index is 1.67. The maximum atomic E-state index is 12.7. The third-order valence-corrected chi connectivity index (χ3v) is 5.88. The van der Waals surface area contributed by atoms with E-state index in [1.807, 2.05) is 24.3 Å². The van der Waals surface area contributed by atoms with E-state index in [9.17, 15) is 8.42 Å². The van der Waals surface area contributed by atoms with E-state index in [0.29, 0.717) is 11.0 Å². The number of fused-ring (bicyclic) bond motifs is 2. The van der Waals surface area contributed by atoms with Gasteiger partial charge in [-0.2, -0.15) is 0 Å². The molecule has 5 nitrogen and oxygen atoms in total. The summed E-state index contributed by atoms with van der Waals surface area (Å²) in [5.74, 6) is 0. The molecule has 1 atom stereocenters. The predicted octanol–water partition coefficient (Wildman–Crippen LogP) is 3.25. The molecule has 0 radical (unpaired) electrons. The Kier molecular flexibility index (Phi) is 3.75. The number of rotatable bonds is 3. The summed E-state index contributed by atoms with van der Waals surface area (Å²) in [6, 6.07) is 12.4. The van der Waals surface area contributed by atoms with Crippen LogP contribution in [0.4, 0.5) is 0 Å². The Hall–Kier alpha value is -2.02. The molecule has 0 aliphatic heterocycles. The maximum absolute atomic E-state index is 12.7. The third kappa shape index (κ3) is 2.77. The highest BCUT2D eigenvalue weighted by Gasteiger charge is 2.27. The van der Waals surface area contributed by atoms with Crippen molar-refractivity contribution in [3.8, 4) is 0 Å². The molecular formula is C17H14ClN3O2S. The molecule has 1 N–H and O–H groups in total. The van der Waals surface area contributed by atoms with Crippen LogP contribution in [0.15, 0.2) is 53.6 Å². The van der Waals surface area contributed by atoms with Crippen molar-refractivity contribution in [2.45, 2.75) is 23.8 Å². The summed E-state index contributed by atoms with van der Waals surface area (Å²) in [4.78, 5) is 8.43. The van der Waals surface area contributed by atoms with Gasteiger partial charge in [0.2, 0.25) is 10.0 Å². The van der Waals surface area contributed by atoms with Crippen molar-refractivity contribution in [3.05, 3.63) is 64.9 Å². The highest BCUT2D eigenvalue weighted by Crippen LogP contribution is 2.32. The van der Waals surface area contributed by atoms with Crippen molar-refractivity contribution in [1.82, 2.24) is 14.7 Å². The van der Waals surface area contributed by atoms with Crippen LogP contribution >= 0.6 is 11.6 Å². The van der Waals surface area contributed by atoms with Crippen LogP contribution in [0.25, 0.3) is 11.0 Å². The van der Waals surface area contributed by atoms with E-state index in [1.54, 1.807) is 6.07 Å². The van der Waals surface area contributed by atoms with Crippen molar-refractivity contribution in [2.24, 2.45) is 0 Å². The molecule has 4 rings (SSSR count). The van der Waals surface area contributed by atoms with Gasteiger partial charge < -0.3 is 0 Å². The Morgan fingerprint density at radius 2 is 1.96 bits per heavy atom. The lowest BCUT2D eigenvalue weighted by molar-refractivity contribution is 0.554. The lowest BCUT2D eigenvalue weighted by atomic mass is 10.1. The quantitative estimate of drug-likeness (QED) is 0.779. The third-order valence-electron chi connectivity index (χ3n) is 4.22. The Morgan fingerprint density at radius 1 is 1.12 bits per heavy atom. The molecule has 2 aromatic carbocycles. The van der Waals surface area contributed by atoms with Crippen LogP contribution in [-0.4, -0.2) is 18.4 Å². The van der Waals surface area contributed by atoms with Gasteiger partial charge in [-0.1, -0.05) is 35.9 Å². The van der Waals surface area contributed by atoms with Crippen LogP contribution < -0.4 is 4.72 Å². The minimum Gasteiger partial charge on any atom is -0.251 e. The molecule has 1 heterocycles. The molecular weight excluding hydrogens is 346 g/mol. The highest BCUT2D eigenvalue weighted by atomic mass is 35.5. The van der Waals surface area contributed by atoms with Crippen LogP contribution in [0.1, 0.15) is 23.6 Å². The normalized spacial score (nSPS) is 17.1. The first-order valence-electron chi connectivity index (χ1n) is 7.55. The van der Waals surface area contributed by atoms with E-state index in [1.165, 1.54) is 23.9 Å². The van der Waals surface area contributed by atoms with Crippen LogP contribution in [-0.2, 0) is 16.4 Å². The van der Waals surface area contributed by atoms with Crippen LogP contribution in [0.5, 0.6) is 0 Å². The molecule has 0 bridgehead atoms. The Labute approximate surface area is 144 Å². The summed E-state index contributed by atoms with van der Waals surface area (Å²) < 4.78 is 28.2. The lowest BCUT2D eigenvalue weighted by Gasteiger charge is -2.14. The largest absolute Gasteiger partial charge is 0.251 e. The molecule has 0 fully saturated rings. The van der Waals surface area contributed by atoms with E-state index < -0.39 is 10.0 Å². The summed E-state index contributed by atoms with van der Waals surface area (Å²) in [6.07, 6.45) is 3.05. The van der Waals surface area contributed by atoms with Crippen molar-refractivity contribution in [3.63, 3.8) is 0 Å². The summed E-state index contributed by atoms with van der Waals surface area (Å²) >= 11 is 5.81. The average Bonchev–Trinajstić information content (AvgIpc) is 2.97. The minimum atomic E-state index is -3.64. The zero-order chi connectivity index (χ0) is 16.7. The van der Waals surface area contributed by atoms with Gasteiger partial charge in [0.05, 0.1) is 22.1 Å². The monoisotopic (exact) mass is 359 g/mol. The van der Waals surface area contributed by atoms with Gasteiger partial charge in [-0.05, 0) is 42.2 Å². The predicted molar refractivity (Wildman–Crippen MR) is 92.4 cm³/mol. The van der Waals surface area contributed by atoms with E-state index in [0.717, 1.165) is 18.4 Å². The lowest BCUT2D eigenvalue weighted by Crippen LogP contribution is -2.27. The van der Waals surface area contributed by atoms with Gasteiger partial charge in [0, 0.05) is 6.04 Å². The molecule has 1 aliphatic rings. The maximum Gasteiger partial charge on any atom is 0.241 e. The molecule has 7 heteroatoms. The first-order valence-corrected chi connectivity index (χ1v) is 9.41. The molecule has 0 amide bonds. The molecule has 1 aromatic heterocycles. The molecule has 3 aromatic rings. The second-order valence-electron chi connectivity index (χ2n) is 5.75. The zero-order valence-electron chi connectivity index (χ0n) is 12.6. The summed E-state index contributed by atoms with van der Waals surface area (Å²) in [6.45, 7) is 0. The SMILES string of the molecule is O=S(=O)(NC1CCc2ccccc21)c1ccc2nc(Cl)cnc2c1. The van der Waals surface area contributed by atoms with Crippen molar-refractivity contribution >= 4 is 32.7 Å². The first-order chi connectivity index (χ1) is 11.5. The molecule has 0 saturated carbocycles. The highest BCUT2D eigenvalue weighted by molar-refractivity contribution is 7.89. The van der Waals surface area contributed by atoms with Gasteiger partial charge in [-0.15, -0.1) is 0 Å². The van der Waals surface area contributed by atoms with E-state index in [4.69, 9.17) is 11.6 Å². The van der Waals surface area contributed by atoms with Crippen LogP contribution in [0, 0.1) is 0 Å². The molecule has 0 saturated heterocycles. The summed E-state index contributed by atoms with van der Waals surface area (Å²) in [5, 5.41) is 0.277. The fraction of sp³-hybridized carbons (Fsp3) is 0.176. The number of aryl methyl sites for hydroxylation is 1. The second kappa shape index (κ2) is 5.81. The zero-order valence-corrected chi connectivity index (χ0v) is 14.2. The number of nitrogens with one attached hydrogen (secondary N) is 1. The fourth-order valence-corrected chi connectivity index (χ4v) is 4.48.